The van der Waals surface area contributed by atoms with Gasteiger partial charge in [-0.2, -0.15) is 0 Å². The van der Waals surface area contributed by atoms with Gasteiger partial charge in [0.2, 0.25) is 0 Å². The highest BCUT2D eigenvalue weighted by Crippen LogP contribution is 2.03. The zero-order valence-corrected chi connectivity index (χ0v) is 9.84. The first-order chi connectivity index (χ1) is 8.24. The summed E-state index contributed by atoms with van der Waals surface area (Å²) in [6, 6.07) is 17.6. The molecule has 0 heterocycles. The Morgan fingerprint density at radius 2 is 1.82 bits per heavy atom. The molecule has 0 aliphatic carbocycles. The number of hydroxylamine groups is 1. The highest BCUT2D eigenvalue weighted by Gasteiger charge is 1.98. The molecule has 2 nitrogen and oxygen atoms in total. The molecule has 86 valence electrons. The first-order valence-electron chi connectivity index (χ1n) is 5.63. The van der Waals surface area contributed by atoms with Gasteiger partial charge in [-0.15, -0.1) is 0 Å². The minimum Gasteiger partial charge on any atom is -0.624 e. The van der Waals surface area contributed by atoms with E-state index >= 15 is 0 Å². The molecule has 0 amide bonds. The number of rotatable bonds is 3. The minimum atomic E-state index is 0.384. The van der Waals surface area contributed by atoms with Crippen LogP contribution in [0.15, 0.2) is 54.6 Å². The third-order valence-electron chi connectivity index (χ3n) is 2.52. The van der Waals surface area contributed by atoms with Crippen molar-refractivity contribution in [3.05, 3.63) is 76.5 Å². The SMILES string of the molecule is Cc1cccc(C=[N+]([O-])Cc2ccccc2)c1. The molecule has 2 heteroatoms. The summed E-state index contributed by atoms with van der Waals surface area (Å²) in [6.45, 7) is 2.40. The van der Waals surface area contributed by atoms with Crippen molar-refractivity contribution in [3.63, 3.8) is 0 Å². The molecule has 0 bridgehead atoms. The smallest absolute Gasteiger partial charge is 0.182 e. The van der Waals surface area contributed by atoms with E-state index in [-0.39, 0.29) is 0 Å². The fourth-order valence-electron chi connectivity index (χ4n) is 1.73. The van der Waals surface area contributed by atoms with E-state index in [4.69, 9.17) is 0 Å². The molecule has 0 aromatic heterocycles. The zero-order chi connectivity index (χ0) is 12.1. The van der Waals surface area contributed by atoms with Crippen LogP contribution >= 0.6 is 0 Å². The van der Waals surface area contributed by atoms with Crippen LogP contribution in [0.2, 0.25) is 0 Å². The predicted octanol–water partition coefficient (Wildman–Crippen LogP) is 3.12. The van der Waals surface area contributed by atoms with Crippen LogP contribution in [0.25, 0.3) is 0 Å². The molecule has 2 aromatic rings. The van der Waals surface area contributed by atoms with Gasteiger partial charge in [-0.05, 0) is 19.1 Å². The Morgan fingerprint density at radius 1 is 1.06 bits per heavy atom. The summed E-state index contributed by atoms with van der Waals surface area (Å²) in [6.07, 6.45) is 1.62. The highest BCUT2D eigenvalue weighted by atomic mass is 16.5. The predicted molar refractivity (Wildman–Crippen MR) is 70.1 cm³/mol. The summed E-state index contributed by atoms with van der Waals surface area (Å²) in [7, 11) is 0. The van der Waals surface area contributed by atoms with E-state index in [1.807, 2.05) is 61.5 Å². The Hall–Kier alpha value is -2.09. The van der Waals surface area contributed by atoms with Crippen LogP contribution in [-0.2, 0) is 6.54 Å². The third kappa shape index (κ3) is 3.45. The quantitative estimate of drug-likeness (QED) is 0.341. The Kier molecular flexibility index (Phi) is 3.55. The molecule has 0 radical (unpaired) electrons. The molecule has 0 atom stereocenters. The molecule has 0 saturated heterocycles. The lowest BCUT2D eigenvalue weighted by molar-refractivity contribution is -0.469. The van der Waals surface area contributed by atoms with Gasteiger partial charge in [0.1, 0.15) is 0 Å². The molecule has 0 fully saturated rings. The van der Waals surface area contributed by atoms with Gasteiger partial charge in [-0.1, -0.05) is 48.0 Å². The Labute approximate surface area is 101 Å². The van der Waals surface area contributed by atoms with Gasteiger partial charge in [0.05, 0.1) is 0 Å². The van der Waals surface area contributed by atoms with Crippen LogP contribution in [0.5, 0.6) is 0 Å². The van der Waals surface area contributed by atoms with Crippen LogP contribution in [0, 0.1) is 12.1 Å². The fraction of sp³-hybridized carbons (Fsp3) is 0.133. The largest absolute Gasteiger partial charge is 0.624 e. The van der Waals surface area contributed by atoms with Crippen molar-refractivity contribution in [1.29, 1.82) is 0 Å². The van der Waals surface area contributed by atoms with E-state index in [9.17, 15) is 5.21 Å². The van der Waals surface area contributed by atoms with Gasteiger partial charge in [0, 0.05) is 11.1 Å². The maximum atomic E-state index is 11.8. The third-order valence-corrected chi connectivity index (χ3v) is 2.52. The molecule has 2 rings (SSSR count). The van der Waals surface area contributed by atoms with Gasteiger partial charge >= 0.3 is 0 Å². The number of hydrogen-bond donors (Lipinski definition) is 0. The molecule has 0 unspecified atom stereocenters. The van der Waals surface area contributed by atoms with Crippen molar-refractivity contribution in [3.8, 4) is 0 Å². The first-order valence-corrected chi connectivity index (χ1v) is 5.63. The minimum absolute atomic E-state index is 0.384. The summed E-state index contributed by atoms with van der Waals surface area (Å²) >= 11 is 0. The second-order valence-electron chi connectivity index (χ2n) is 4.10. The van der Waals surface area contributed by atoms with Crippen molar-refractivity contribution in [2.75, 3.05) is 0 Å². The van der Waals surface area contributed by atoms with Crippen LogP contribution in [0.1, 0.15) is 16.7 Å². The maximum Gasteiger partial charge on any atom is 0.182 e. The van der Waals surface area contributed by atoms with Crippen molar-refractivity contribution in [1.82, 2.24) is 0 Å². The maximum absolute atomic E-state index is 11.8. The number of nitrogens with zero attached hydrogens (tertiary/aromatic N) is 1. The van der Waals surface area contributed by atoms with Crippen LogP contribution in [0.3, 0.4) is 0 Å². The Bertz CT molecular complexity index is 517. The number of benzene rings is 2. The highest BCUT2D eigenvalue weighted by molar-refractivity contribution is 5.75. The number of hydrogen-bond acceptors (Lipinski definition) is 1. The lowest BCUT2D eigenvalue weighted by atomic mass is 10.1. The van der Waals surface area contributed by atoms with Gasteiger partial charge in [-0.3, -0.25) is 0 Å². The summed E-state index contributed by atoms with van der Waals surface area (Å²) in [4.78, 5) is 0. The molecule has 0 aliphatic heterocycles. The fourth-order valence-corrected chi connectivity index (χ4v) is 1.73. The zero-order valence-electron chi connectivity index (χ0n) is 9.84. The second kappa shape index (κ2) is 5.30. The lowest BCUT2D eigenvalue weighted by Crippen LogP contribution is -2.05. The van der Waals surface area contributed by atoms with E-state index in [1.165, 1.54) is 0 Å². The summed E-state index contributed by atoms with van der Waals surface area (Å²) in [5, 5.41) is 11.8. The monoisotopic (exact) mass is 225 g/mol. The van der Waals surface area contributed by atoms with Gasteiger partial charge in [-0.25, -0.2) is 4.74 Å². The molecule has 0 saturated carbocycles. The summed E-state index contributed by atoms with van der Waals surface area (Å²) in [5.74, 6) is 0. The van der Waals surface area contributed by atoms with E-state index in [2.05, 4.69) is 0 Å². The summed E-state index contributed by atoms with van der Waals surface area (Å²) < 4.78 is 0.962. The van der Waals surface area contributed by atoms with Crippen molar-refractivity contribution in [2.24, 2.45) is 0 Å². The molecule has 0 aliphatic rings. The van der Waals surface area contributed by atoms with Gasteiger partial charge in [0.25, 0.3) is 0 Å². The Morgan fingerprint density at radius 3 is 2.53 bits per heavy atom. The van der Waals surface area contributed by atoms with Crippen LogP contribution < -0.4 is 0 Å². The molecular weight excluding hydrogens is 210 g/mol. The van der Waals surface area contributed by atoms with E-state index < -0.39 is 0 Å². The Balaban J connectivity index is 2.12. The topological polar surface area (TPSA) is 26.1 Å². The normalized spacial score (nSPS) is 11.5. The summed E-state index contributed by atoms with van der Waals surface area (Å²) in [5.41, 5.74) is 3.12. The van der Waals surface area contributed by atoms with Crippen molar-refractivity contribution < 1.29 is 4.74 Å². The van der Waals surface area contributed by atoms with Crippen LogP contribution in [0.4, 0.5) is 0 Å². The number of aryl methyl sites for hydroxylation is 1. The van der Waals surface area contributed by atoms with E-state index in [1.54, 1.807) is 6.21 Å². The average molecular weight is 225 g/mol. The average Bonchev–Trinajstić information content (AvgIpc) is 2.30. The molecule has 2 aromatic carbocycles. The van der Waals surface area contributed by atoms with Crippen LogP contribution in [-0.4, -0.2) is 11.0 Å². The molecule has 0 spiro atoms. The standard InChI is InChI=1S/C15H15NO/c1-13-6-5-9-15(10-13)12-16(17)11-14-7-3-2-4-8-14/h2-10,12H,11H2,1H3. The first kappa shape index (κ1) is 11.4. The molecular formula is C15H15NO. The van der Waals surface area contributed by atoms with E-state index in [0.29, 0.717) is 6.54 Å². The second-order valence-corrected chi connectivity index (χ2v) is 4.10. The lowest BCUT2D eigenvalue weighted by Gasteiger charge is -2.04. The van der Waals surface area contributed by atoms with Gasteiger partial charge < -0.3 is 5.21 Å². The van der Waals surface area contributed by atoms with Crippen molar-refractivity contribution >= 4 is 6.21 Å². The molecule has 0 N–H and O–H groups in total. The molecule has 17 heavy (non-hydrogen) atoms. The van der Waals surface area contributed by atoms with Crippen molar-refractivity contribution in [2.45, 2.75) is 13.5 Å². The van der Waals surface area contributed by atoms with Gasteiger partial charge in [0.15, 0.2) is 12.8 Å². The van der Waals surface area contributed by atoms with E-state index in [0.717, 1.165) is 21.4 Å².